The number of benzene rings is 1. The first-order valence-corrected chi connectivity index (χ1v) is 6.44. The fourth-order valence-corrected chi connectivity index (χ4v) is 2.43. The van der Waals surface area contributed by atoms with E-state index >= 15 is 0 Å². The summed E-state index contributed by atoms with van der Waals surface area (Å²) in [7, 11) is 1.40. The number of nitrogens with one attached hydrogen (secondary N) is 1. The minimum absolute atomic E-state index is 0.00406. The second-order valence-electron chi connectivity index (χ2n) is 4.85. The van der Waals surface area contributed by atoms with Crippen LogP contribution in [0.2, 0.25) is 0 Å². The lowest BCUT2D eigenvalue weighted by molar-refractivity contribution is -0.140. The van der Waals surface area contributed by atoms with Gasteiger partial charge in [-0.25, -0.2) is 9.59 Å². The van der Waals surface area contributed by atoms with Gasteiger partial charge in [0.1, 0.15) is 0 Å². The molecule has 0 bridgehead atoms. The number of methoxy groups -OCH3 is 1. The van der Waals surface area contributed by atoms with Gasteiger partial charge in [-0.15, -0.1) is 0 Å². The molecule has 0 aromatic heterocycles. The molecule has 2 atom stereocenters. The number of aliphatic carboxylic acids is 1. The number of carboxylic acid groups (broad SMARTS) is 1. The van der Waals surface area contributed by atoms with Gasteiger partial charge in [0, 0.05) is 18.8 Å². The molecule has 2 N–H and O–H groups in total. The predicted octanol–water partition coefficient (Wildman–Crippen LogP) is 1.25. The molecule has 0 fully saturated rings. The zero-order chi connectivity index (χ0) is 14.7. The number of ether oxygens (including phenoxy) is 1. The van der Waals surface area contributed by atoms with Crippen LogP contribution in [0.3, 0.4) is 0 Å². The summed E-state index contributed by atoms with van der Waals surface area (Å²) in [5, 5.41) is 11.5. The van der Waals surface area contributed by atoms with Gasteiger partial charge in [0.05, 0.1) is 6.61 Å². The van der Waals surface area contributed by atoms with Gasteiger partial charge < -0.3 is 15.2 Å². The van der Waals surface area contributed by atoms with Gasteiger partial charge in [0.15, 0.2) is 6.04 Å². The summed E-state index contributed by atoms with van der Waals surface area (Å²) >= 11 is 0. The van der Waals surface area contributed by atoms with Crippen LogP contribution in [-0.2, 0) is 16.0 Å². The second-order valence-corrected chi connectivity index (χ2v) is 4.85. The zero-order valence-electron chi connectivity index (χ0n) is 11.5. The van der Waals surface area contributed by atoms with Crippen LogP contribution < -0.4 is 10.2 Å². The third-order valence-electron chi connectivity index (χ3n) is 3.36. The molecule has 108 valence electrons. The van der Waals surface area contributed by atoms with E-state index in [9.17, 15) is 9.59 Å². The topological polar surface area (TPSA) is 78.9 Å². The molecule has 0 aliphatic carbocycles. The maximum Gasteiger partial charge on any atom is 0.328 e. The van der Waals surface area contributed by atoms with Crippen molar-refractivity contribution >= 4 is 17.7 Å². The van der Waals surface area contributed by atoms with Gasteiger partial charge in [0.25, 0.3) is 0 Å². The van der Waals surface area contributed by atoms with E-state index in [1.165, 1.54) is 7.11 Å². The number of urea groups is 1. The Morgan fingerprint density at radius 3 is 2.85 bits per heavy atom. The van der Waals surface area contributed by atoms with Crippen LogP contribution in [0.1, 0.15) is 12.5 Å². The van der Waals surface area contributed by atoms with Crippen molar-refractivity contribution < 1.29 is 19.4 Å². The highest BCUT2D eigenvalue weighted by Crippen LogP contribution is 2.31. The van der Waals surface area contributed by atoms with E-state index in [0.29, 0.717) is 0 Å². The second kappa shape index (κ2) is 5.92. The number of nitrogens with zero attached hydrogens (tertiary/aromatic N) is 1. The lowest BCUT2D eigenvalue weighted by Gasteiger charge is -2.25. The average Bonchev–Trinajstić information content (AvgIpc) is 2.73. The molecule has 2 amide bonds. The van der Waals surface area contributed by atoms with Gasteiger partial charge in [0.2, 0.25) is 0 Å². The van der Waals surface area contributed by atoms with Crippen molar-refractivity contribution in [2.45, 2.75) is 25.4 Å². The number of hydrogen-bond donors (Lipinski definition) is 2. The molecule has 6 heteroatoms. The van der Waals surface area contributed by atoms with Crippen LogP contribution in [0.5, 0.6) is 0 Å². The maximum absolute atomic E-state index is 12.3. The standard InChI is InChI=1S/C14H18N2O4/c1-9-7-10-5-3-4-6-12(10)16(9)14(19)15-11(8-20-2)13(17)18/h3-6,9,11H,7-8H2,1-2H3,(H,15,19)(H,17,18). The Morgan fingerprint density at radius 1 is 1.50 bits per heavy atom. The monoisotopic (exact) mass is 278 g/mol. The van der Waals surface area contributed by atoms with Crippen LogP contribution in [-0.4, -0.2) is 42.9 Å². The van der Waals surface area contributed by atoms with E-state index in [1.54, 1.807) is 4.90 Å². The van der Waals surface area contributed by atoms with Crippen molar-refractivity contribution in [3.05, 3.63) is 29.8 Å². The van der Waals surface area contributed by atoms with Crippen molar-refractivity contribution in [2.24, 2.45) is 0 Å². The molecule has 1 aliphatic rings. The molecule has 1 aliphatic heterocycles. The summed E-state index contributed by atoms with van der Waals surface area (Å²) < 4.78 is 4.81. The summed E-state index contributed by atoms with van der Waals surface area (Å²) in [4.78, 5) is 25.0. The summed E-state index contributed by atoms with van der Waals surface area (Å²) in [5.41, 5.74) is 1.92. The quantitative estimate of drug-likeness (QED) is 0.868. The van der Waals surface area contributed by atoms with E-state index in [1.807, 2.05) is 31.2 Å². The molecule has 20 heavy (non-hydrogen) atoms. The first kappa shape index (κ1) is 14.3. The first-order valence-electron chi connectivity index (χ1n) is 6.44. The molecular formula is C14H18N2O4. The molecule has 0 spiro atoms. The van der Waals surface area contributed by atoms with Crippen molar-refractivity contribution in [3.8, 4) is 0 Å². The van der Waals surface area contributed by atoms with Gasteiger partial charge in [-0.2, -0.15) is 0 Å². The van der Waals surface area contributed by atoms with E-state index < -0.39 is 18.0 Å². The van der Waals surface area contributed by atoms with Crippen molar-refractivity contribution in [2.75, 3.05) is 18.6 Å². The number of fused-ring (bicyclic) bond motifs is 1. The van der Waals surface area contributed by atoms with Gasteiger partial charge in [-0.3, -0.25) is 4.90 Å². The minimum atomic E-state index is -1.11. The lowest BCUT2D eigenvalue weighted by Crippen LogP contribution is -2.51. The van der Waals surface area contributed by atoms with Crippen LogP contribution in [0, 0.1) is 0 Å². The first-order chi connectivity index (χ1) is 9.54. The smallest absolute Gasteiger partial charge is 0.328 e. The summed E-state index contributed by atoms with van der Waals surface area (Å²) in [6.07, 6.45) is 0.769. The third-order valence-corrected chi connectivity index (χ3v) is 3.36. The molecular weight excluding hydrogens is 260 g/mol. The molecule has 0 saturated heterocycles. The molecule has 6 nitrogen and oxygen atoms in total. The van der Waals surface area contributed by atoms with Crippen LogP contribution >= 0.6 is 0 Å². The number of amides is 2. The highest BCUT2D eigenvalue weighted by atomic mass is 16.5. The van der Waals surface area contributed by atoms with Crippen molar-refractivity contribution in [1.82, 2.24) is 5.32 Å². The third kappa shape index (κ3) is 2.75. The van der Waals surface area contributed by atoms with Crippen molar-refractivity contribution in [3.63, 3.8) is 0 Å². The molecule has 0 saturated carbocycles. The Hall–Kier alpha value is -2.08. The molecule has 1 heterocycles. The SMILES string of the molecule is COCC(NC(=O)N1c2ccccc2CC1C)C(=O)O. The predicted molar refractivity (Wildman–Crippen MR) is 73.9 cm³/mol. The molecule has 2 rings (SSSR count). The Bertz CT molecular complexity index is 518. The van der Waals surface area contributed by atoms with E-state index in [2.05, 4.69) is 5.32 Å². The number of para-hydroxylation sites is 1. The van der Waals surface area contributed by atoms with Crippen molar-refractivity contribution in [1.29, 1.82) is 0 Å². The normalized spacial score (nSPS) is 18.5. The largest absolute Gasteiger partial charge is 0.480 e. The van der Waals surface area contributed by atoms with E-state index in [0.717, 1.165) is 17.7 Å². The maximum atomic E-state index is 12.3. The number of anilines is 1. The highest BCUT2D eigenvalue weighted by molar-refractivity contribution is 5.96. The van der Waals surface area contributed by atoms with Crippen LogP contribution in [0.4, 0.5) is 10.5 Å². The Labute approximate surface area is 117 Å². The van der Waals surface area contributed by atoms with Crippen LogP contribution in [0.25, 0.3) is 0 Å². The van der Waals surface area contributed by atoms with E-state index in [-0.39, 0.29) is 12.6 Å². The Morgan fingerprint density at radius 2 is 2.20 bits per heavy atom. The van der Waals surface area contributed by atoms with Gasteiger partial charge >= 0.3 is 12.0 Å². The average molecular weight is 278 g/mol. The zero-order valence-corrected chi connectivity index (χ0v) is 11.5. The Balaban J connectivity index is 2.15. The molecule has 2 unspecified atom stereocenters. The molecule has 1 aromatic carbocycles. The summed E-state index contributed by atoms with van der Waals surface area (Å²) in [5.74, 6) is -1.11. The number of carboxylic acids is 1. The molecule has 1 aromatic rings. The number of rotatable bonds is 4. The van der Waals surface area contributed by atoms with Crippen LogP contribution in [0.15, 0.2) is 24.3 Å². The number of carbonyl (C=O) groups is 2. The summed E-state index contributed by atoms with van der Waals surface area (Å²) in [6.45, 7) is 1.87. The fraction of sp³-hybridized carbons (Fsp3) is 0.429. The van der Waals surface area contributed by atoms with Gasteiger partial charge in [-0.05, 0) is 25.0 Å². The summed E-state index contributed by atoms with van der Waals surface area (Å²) in [6, 6.07) is 6.18. The van der Waals surface area contributed by atoms with Gasteiger partial charge in [-0.1, -0.05) is 18.2 Å². The minimum Gasteiger partial charge on any atom is -0.480 e. The molecule has 0 radical (unpaired) electrons. The fourth-order valence-electron chi connectivity index (χ4n) is 2.43. The number of carbonyl (C=O) groups excluding carboxylic acids is 1. The number of hydrogen-bond acceptors (Lipinski definition) is 3. The van der Waals surface area contributed by atoms with E-state index in [4.69, 9.17) is 9.84 Å². The highest BCUT2D eigenvalue weighted by Gasteiger charge is 2.32. The lowest BCUT2D eigenvalue weighted by atomic mass is 10.1. The Kier molecular flexibility index (Phi) is 4.24.